The molecule has 0 bridgehead atoms. The van der Waals surface area contributed by atoms with Crippen LogP contribution in [0.1, 0.15) is 20.8 Å². The molecule has 0 aromatic rings. The Bertz CT molecular complexity index is 151. The van der Waals surface area contributed by atoms with Crippen LogP contribution >= 0.6 is 0 Å². The van der Waals surface area contributed by atoms with Crippen LogP contribution in [0.3, 0.4) is 0 Å². The van der Waals surface area contributed by atoms with Gasteiger partial charge in [0.2, 0.25) is 0 Å². The molecule has 3 nitrogen and oxygen atoms in total. The predicted molar refractivity (Wildman–Crippen MR) is 34.3 cm³/mol. The molecule has 9 heavy (non-hydrogen) atoms. The number of hydrogen-bond acceptors (Lipinski definition) is 2. The molecule has 1 unspecified atom stereocenters. The van der Waals surface area contributed by atoms with Crippen LogP contribution in [0.15, 0.2) is 0 Å². The van der Waals surface area contributed by atoms with Crippen molar-refractivity contribution in [2.45, 2.75) is 32.6 Å². The first-order valence-corrected chi connectivity index (χ1v) is 3.01. The van der Waals surface area contributed by atoms with E-state index in [9.17, 15) is 5.21 Å². The molecule has 52 valence electrons. The highest BCUT2D eigenvalue weighted by Crippen LogP contribution is 2.17. The van der Waals surface area contributed by atoms with E-state index in [0.29, 0.717) is 0 Å². The highest BCUT2D eigenvalue weighted by atomic mass is 16.6. The van der Waals surface area contributed by atoms with Gasteiger partial charge in [-0.05, 0) is 6.92 Å². The van der Waals surface area contributed by atoms with Gasteiger partial charge in [-0.1, -0.05) is 0 Å². The van der Waals surface area contributed by atoms with Crippen molar-refractivity contribution in [1.29, 1.82) is 0 Å². The van der Waals surface area contributed by atoms with Crippen LogP contribution in [-0.2, 0) is 4.74 Å². The molecule has 1 atom stereocenters. The van der Waals surface area contributed by atoms with Crippen molar-refractivity contribution in [3.8, 4) is 0 Å². The van der Waals surface area contributed by atoms with Gasteiger partial charge in [-0.25, -0.2) is 0 Å². The smallest absolute Gasteiger partial charge is 0.272 e. The van der Waals surface area contributed by atoms with Crippen molar-refractivity contribution in [3.05, 3.63) is 5.21 Å². The van der Waals surface area contributed by atoms with Crippen molar-refractivity contribution in [3.63, 3.8) is 0 Å². The molecule has 0 radical (unpaired) electrons. The van der Waals surface area contributed by atoms with E-state index in [4.69, 9.17) is 4.74 Å². The summed E-state index contributed by atoms with van der Waals surface area (Å²) in [5.74, 6) is 0. The molecule has 0 aromatic heterocycles. The average Bonchev–Trinajstić information content (AvgIpc) is 1.79. The van der Waals surface area contributed by atoms with Crippen LogP contribution in [0.25, 0.3) is 0 Å². The van der Waals surface area contributed by atoms with Gasteiger partial charge in [-0.3, -0.25) is 0 Å². The molecule has 0 N–H and O–H groups in total. The van der Waals surface area contributed by atoms with Gasteiger partial charge < -0.3 is 9.94 Å². The van der Waals surface area contributed by atoms with Crippen LogP contribution in [0.4, 0.5) is 0 Å². The van der Waals surface area contributed by atoms with E-state index in [0.717, 1.165) is 4.74 Å². The number of nitrogens with zero attached hydrogens (tertiary/aromatic N) is 1. The third-order valence-corrected chi connectivity index (χ3v) is 1.35. The SMILES string of the molecule is CC1C=[N+]([O-])C(C)(C)O1. The Balaban J connectivity index is 2.76. The molecule has 0 fully saturated rings. The second-order valence-electron chi connectivity index (χ2n) is 2.74. The normalized spacial score (nSPS) is 32.3. The van der Waals surface area contributed by atoms with Crippen LogP contribution in [0.5, 0.6) is 0 Å². The number of hydroxylamine groups is 1. The molecular weight excluding hydrogens is 118 g/mol. The Morgan fingerprint density at radius 1 is 1.67 bits per heavy atom. The third kappa shape index (κ3) is 1.05. The van der Waals surface area contributed by atoms with Gasteiger partial charge in [0.15, 0.2) is 6.21 Å². The minimum atomic E-state index is -0.653. The van der Waals surface area contributed by atoms with Gasteiger partial charge in [-0.2, -0.15) is 4.74 Å². The molecule has 0 amide bonds. The van der Waals surface area contributed by atoms with E-state index >= 15 is 0 Å². The topological polar surface area (TPSA) is 35.3 Å². The summed E-state index contributed by atoms with van der Waals surface area (Å²) in [5, 5.41) is 10.8. The summed E-state index contributed by atoms with van der Waals surface area (Å²) in [6.45, 7) is 5.35. The molecule has 0 aromatic carbocycles. The molecule has 0 spiro atoms. The molecule has 1 heterocycles. The zero-order valence-corrected chi connectivity index (χ0v) is 5.92. The monoisotopic (exact) mass is 129 g/mol. The first-order valence-electron chi connectivity index (χ1n) is 3.01. The molecular formula is C6H11NO2. The summed E-state index contributed by atoms with van der Waals surface area (Å²) in [5.41, 5.74) is -0.653. The van der Waals surface area contributed by atoms with Crippen LogP contribution in [-0.4, -0.2) is 22.8 Å². The molecule has 0 aliphatic carbocycles. The Kier molecular flexibility index (Phi) is 1.24. The second-order valence-corrected chi connectivity index (χ2v) is 2.74. The van der Waals surface area contributed by atoms with E-state index in [2.05, 4.69) is 0 Å². The molecule has 1 rings (SSSR count). The molecule has 1 aliphatic rings. The summed E-state index contributed by atoms with van der Waals surface area (Å²) in [6.07, 6.45) is 1.48. The number of rotatable bonds is 0. The van der Waals surface area contributed by atoms with Crippen molar-refractivity contribution in [1.82, 2.24) is 0 Å². The summed E-state index contributed by atoms with van der Waals surface area (Å²) in [7, 11) is 0. The molecule has 0 saturated carbocycles. The zero-order chi connectivity index (χ0) is 7.07. The maximum atomic E-state index is 10.8. The lowest BCUT2D eigenvalue weighted by Gasteiger charge is -2.16. The van der Waals surface area contributed by atoms with Gasteiger partial charge >= 0.3 is 0 Å². The molecule has 0 saturated heterocycles. The van der Waals surface area contributed by atoms with Crippen LogP contribution in [0.2, 0.25) is 0 Å². The van der Waals surface area contributed by atoms with E-state index in [1.807, 2.05) is 6.92 Å². The Morgan fingerprint density at radius 3 is 2.33 bits per heavy atom. The number of hydrogen-bond donors (Lipinski definition) is 0. The Labute approximate surface area is 54.5 Å². The molecule has 1 aliphatic heterocycles. The summed E-state index contributed by atoms with van der Waals surface area (Å²) in [4.78, 5) is 0. The first-order chi connectivity index (χ1) is 4.02. The first kappa shape index (κ1) is 6.55. The van der Waals surface area contributed by atoms with Gasteiger partial charge in [0.25, 0.3) is 5.72 Å². The maximum absolute atomic E-state index is 10.8. The average molecular weight is 129 g/mol. The van der Waals surface area contributed by atoms with Crippen molar-refractivity contribution in [2.24, 2.45) is 0 Å². The third-order valence-electron chi connectivity index (χ3n) is 1.35. The second kappa shape index (κ2) is 1.70. The fraction of sp³-hybridized carbons (Fsp3) is 0.833. The van der Waals surface area contributed by atoms with Crippen molar-refractivity contribution in [2.75, 3.05) is 0 Å². The van der Waals surface area contributed by atoms with Gasteiger partial charge in [0.05, 0.1) is 0 Å². The van der Waals surface area contributed by atoms with Crippen molar-refractivity contribution >= 4 is 6.21 Å². The lowest BCUT2D eigenvalue weighted by molar-refractivity contribution is -0.580. The van der Waals surface area contributed by atoms with E-state index in [1.54, 1.807) is 13.8 Å². The fourth-order valence-electron chi connectivity index (χ4n) is 0.907. The van der Waals surface area contributed by atoms with Crippen LogP contribution in [0, 0.1) is 5.21 Å². The lowest BCUT2D eigenvalue weighted by Crippen LogP contribution is -2.30. The maximum Gasteiger partial charge on any atom is 0.272 e. The Hall–Kier alpha value is -0.570. The van der Waals surface area contributed by atoms with Gasteiger partial charge in [0, 0.05) is 13.8 Å². The van der Waals surface area contributed by atoms with E-state index in [1.165, 1.54) is 6.21 Å². The lowest BCUT2D eigenvalue weighted by atomic mass is 10.3. The molecule has 3 heteroatoms. The van der Waals surface area contributed by atoms with E-state index in [-0.39, 0.29) is 6.10 Å². The van der Waals surface area contributed by atoms with E-state index < -0.39 is 5.72 Å². The minimum absolute atomic E-state index is 0.0440. The fourth-order valence-corrected chi connectivity index (χ4v) is 0.907. The summed E-state index contributed by atoms with van der Waals surface area (Å²) < 4.78 is 6.06. The highest BCUT2D eigenvalue weighted by molar-refractivity contribution is 5.58. The van der Waals surface area contributed by atoms with Crippen LogP contribution < -0.4 is 0 Å². The quantitative estimate of drug-likeness (QED) is 0.357. The number of ether oxygens (including phenoxy) is 1. The van der Waals surface area contributed by atoms with Gasteiger partial charge in [0.1, 0.15) is 6.10 Å². The largest absolute Gasteiger partial charge is 0.622 e. The highest BCUT2D eigenvalue weighted by Gasteiger charge is 2.35. The minimum Gasteiger partial charge on any atom is -0.622 e. The summed E-state index contributed by atoms with van der Waals surface area (Å²) >= 11 is 0. The predicted octanol–water partition coefficient (Wildman–Crippen LogP) is 0.722. The Morgan fingerprint density at radius 2 is 2.22 bits per heavy atom. The van der Waals surface area contributed by atoms with Crippen molar-refractivity contribution < 1.29 is 9.48 Å². The summed E-state index contributed by atoms with van der Waals surface area (Å²) in [6, 6.07) is 0. The standard InChI is InChI=1S/C6H11NO2/c1-5-4-7(8)6(2,3)9-5/h4-5H,1-3H3. The zero-order valence-electron chi connectivity index (χ0n) is 5.92. The van der Waals surface area contributed by atoms with Gasteiger partial charge in [-0.15, -0.1) is 0 Å².